The van der Waals surface area contributed by atoms with Crippen molar-refractivity contribution < 1.29 is 19.0 Å². The number of carboxylic acid groups (broad SMARTS) is 1. The molecule has 4 aromatic rings. The maximum Gasteiger partial charge on any atom is 0.324 e. The van der Waals surface area contributed by atoms with Crippen molar-refractivity contribution in [1.82, 2.24) is 4.90 Å². The van der Waals surface area contributed by atoms with E-state index in [0.29, 0.717) is 19.5 Å². The Balaban J connectivity index is 1.73. The molecule has 0 saturated heterocycles. The third-order valence-corrected chi connectivity index (χ3v) is 5.99. The van der Waals surface area contributed by atoms with Crippen LogP contribution in [0.5, 0.6) is 5.75 Å². The fourth-order valence-corrected chi connectivity index (χ4v) is 4.29. The Labute approximate surface area is 210 Å². The number of hydrogen-bond acceptors (Lipinski definition) is 4. The van der Waals surface area contributed by atoms with Crippen LogP contribution in [0.3, 0.4) is 0 Å². The van der Waals surface area contributed by atoms with Crippen molar-refractivity contribution in [3.63, 3.8) is 0 Å². The van der Waals surface area contributed by atoms with Crippen molar-refractivity contribution in [2.24, 2.45) is 0 Å². The van der Waals surface area contributed by atoms with Gasteiger partial charge in [0.25, 0.3) is 0 Å². The first-order chi connectivity index (χ1) is 17.5. The van der Waals surface area contributed by atoms with Gasteiger partial charge in [0.05, 0.1) is 5.69 Å². The van der Waals surface area contributed by atoms with Crippen LogP contribution < -0.4 is 10.5 Å². The van der Waals surface area contributed by atoms with Crippen molar-refractivity contribution >= 4 is 11.7 Å². The summed E-state index contributed by atoms with van der Waals surface area (Å²) in [5.41, 5.74) is 9.05. The number of nitrogen functional groups attached to an aromatic ring is 1. The number of nitrogens with two attached hydrogens (primary N) is 1. The molecule has 5 nitrogen and oxygen atoms in total. The first kappa shape index (κ1) is 24.9. The minimum Gasteiger partial charge on any atom is -0.486 e. The lowest BCUT2D eigenvalue weighted by atomic mass is 9.99. The van der Waals surface area contributed by atoms with Gasteiger partial charge in [-0.2, -0.15) is 0 Å². The minimum atomic E-state index is -1.02. The van der Waals surface area contributed by atoms with E-state index in [1.54, 1.807) is 0 Å². The fourth-order valence-electron chi connectivity index (χ4n) is 4.29. The van der Waals surface area contributed by atoms with Crippen LogP contribution in [0, 0.1) is 5.82 Å². The summed E-state index contributed by atoms with van der Waals surface area (Å²) < 4.78 is 20.0. The number of halogens is 1. The summed E-state index contributed by atoms with van der Waals surface area (Å²) in [6.45, 7) is 0.806. The molecule has 184 valence electrons. The predicted octanol–water partition coefficient (Wildman–Crippen LogP) is 5.55. The quantitative estimate of drug-likeness (QED) is 0.273. The maximum atomic E-state index is 13.7. The molecular formula is C30H29FN2O3. The molecule has 4 rings (SSSR count). The van der Waals surface area contributed by atoms with E-state index in [-0.39, 0.29) is 11.4 Å². The molecule has 0 saturated carbocycles. The van der Waals surface area contributed by atoms with Gasteiger partial charge in [-0.15, -0.1) is 0 Å². The zero-order valence-corrected chi connectivity index (χ0v) is 19.8. The second-order valence-electron chi connectivity index (χ2n) is 8.69. The highest BCUT2D eigenvalue weighted by molar-refractivity contribution is 5.74. The molecule has 0 amide bonds. The molecule has 0 heterocycles. The van der Waals surface area contributed by atoms with Crippen molar-refractivity contribution in [2.45, 2.75) is 31.7 Å². The van der Waals surface area contributed by atoms with Crippen LogP contribution >= 0.6 is 0 Å². The zero-order valence-electron chi connectivity index (χ0n) is 19.8. The summed E-state index contributed by atoms with van der Waals surface area (Å²) in [4.78, 5) is 14.8. The number of hydrogen-bond donors (Lipinski definition) is 2. The van der Waals surface area contributed by atoms with Crippen LogP contribution in [0.15, 0.2) is 109 Å². The van der Waals surface area contributed by atoms with Gasteiger partial charge in [0.1, 0.15) is 23.7 Å². The molecule has 3 N–H and O–H groups in total. The number of ether oxygens (including phenoxy) is 1. The Morgan fingerprint density at radius 2 is 1.31 bits per heavy atom. The van der Waals surface area contributed by atoms with Gasteiger partial charge in [-0.25, -0.2) is 4.39 Å². The number of nitrogens with zero attached hydrogens (tertiary/aromatic N) is 1. The summed E-state index contributed by atoms with van der Waals surface area (Å²) in [7, 11) is 0. The lowest BCUT2D eigenvalue weighted by Crippen LogP contribution is -2.51. The van der Waals surface area contributed by atoms with Crippen LogP contribution in [-0.4, -0.2) is 28.1 Å². The lowest BCUT2D eigenvalue weighted by molar-refractivity contribution is -0.148. The van der Waals surface area contributed by atoms with Crippen molar-refractivity contribution in [3.05, 3.63) is 132 Å². The highest BCUT2D eigenvalue weighted by Crippen LogP contribution is 2.27. The molecule has 0 unspecified atom stereocenters. The molecule has 6 heteroatoms. The molecular weight excluding hydrogens is 455 g/mol. The largest absolute Gasteiger partial charge is 0.486 e. The van der Waals surface area contributed by atoms with E-state index in [9.17, 15) is 14.3 Å². The third-order valence-electron chi connectivity index (χ3n) is 5.99. The van der Waals surface area contributed by atoms with E-state index in [1.807, 2.05) is 95.9 Å². The van der Waals surface area contributed by atoms with E-state index in [4.69, 9.17) is 10.5 Å². The number of anilines is 1. The molecule has 0 aliphatic heterocycles. The molecule has 0 aromatic heterocycles. The highest BCUT2D eigenvalue weighted by Gasteiger charge is 2.36. The molecule has 0 spiro atoms. The van der Waals surface area contributed by atoms with Gasteiger partial charge >= 0.3 is 5.97 Å². The average molecular weight is 485 g/mol. The van der Waals surface area contributed by atoms with Gasteiger partial charge in [0.2, 0.25) is 0 Å². The van der Waals surface area contributed by atoms with Crippen LogP contribution in [0.4, 0.5) is 10.1 Å². The van der Waals surface area contributed by atoms with Gasteiger partial charge in [0, 0.05) is 25.6 Å². The van der Waals surface area contributed by atoms with Gasteiger partial charge < -0.3 is 15.6 Å². The Morgan fingerprint density at radius 3 is 1.78 bits per heavy atom. The smallest absolute Gasteiger partial charge is 0.324 e. The van der Waals surface area contributed by atoms with E-state index < -0.39 is 23.9 Å². The lowest BCUT2D eigenvalue weighted by Gasteiger charge is -2.35. The van der Waals surface area contributed by atoms with Gasteiger partial charge in [0.15, 0.2) is 0 Å². The standard InChI is InChI=1S/C30H29FN2O3/c31-25-16-17-27(26(32)19-25)36-28(18-22-10-4-1-5-11-22)29(30(34)35)33(20-23-12-6-2-7-13-23)21-24-14-8-3-9-15-24/h1-17,19,28-29H,18,20-21,32H2,(H,34,35)/t28-,29+/m0/s1. The number of carbonyl (C=O) groups is 1. The molecule has 0 bridgehead atoms. The Kier molecular flexibility index (Phi) is 8.32. The van der Waals surface area contributed by atoms with Crippen LogP contribution in [0.2, 0.25) is 0 Å². The SMILES string of the molecule is Nc1cc(F)ccc1O[C@@H](Cc1ccccc1)[C@H](C(=O)O)N(Cc1ccccc1)Cc1ccccc1. The Hall–Kier alpha value is -4.16. The molecule has 0 radical (unpaired) electrons. The average Bonchev–Trinajstić information content (AvgIpc) is 2.87. The maximum absolute atomic E-state index is 13.7. The zero-order chi connectivity index (χ0) is 25.3. The van der Waals surface area contributed by atoms with Gasteiger partial charge in [-0.3, -0.25) is 9.69 Å². The minimum absolute atomic E-state index is 0.120. The molecule has 0 aliphatic carbocycles. The van der Waals surface area contributed by atoms with Crippen LogP contribution in [0.25, 0.3) is 0 Å². The summed E-state index contributed by atoms with van der Waals surface area (Å²) in [5.74, 6) is -1.24. The van der Waals surface area contributed by atoms with Gasteiger partial charge in [-0.05, 0) is 28.8 Å². The normalized spacial score (nSPS) is 12.7. The monoisotopic (exact) mass is 484 g/mol. The fraction of sp³-hybridized carbons (Fsp3) is 0.167. The predicted molar refractivity (Wildman–Crippen MR) is 139 cm³/mol. The summed E-state index contributed by atoms with van der Waals surface area (Å²) >= 11 is 0. The van der Waals surface area contributed by atoms with E-state index in [2.05, 4.69) is 0 Å². The van der Waals surface area contributed by atoms with Crippen molar-refractivity contribution in [1.29, 1.82) is 0 Å². The third kappa shape index (κ3) is 6.71. The molecule has 4 aromatic carbocycles. The van der Waals surface area contributed by atoms with Gasteiger partial charge in [-0.1, -0.05) is 91.0 Å². The van der Waals surface area contributed by atoms with Crippen molar-refractivity contribution in [3.8, 4) is 5.75 Å². The van der Waals surface area contributed by atoms with E-state index >= 15 is 0 Å². The van der Waals surface area contributed by atoms with Crippen LogP contribution in [-0.2, 0) is 24.3 Å². The van der Waals surface area contributed by atoms with E-state index in [0.717, 1.165) is 16.7 Å². The summed E-state index contributed by atoms with van der Waals surface area (Å²) in [5, 5.41) is 10.5. The number of rotatable bonds is 11. The highest BCUT2D eigenvalue weighted by atomic mass is 19.1. The summed E-state index contributed by atoms with van der Waals surface area (Å²) in [6, 6.07) is 31.9. The summed E-state index contributed by atoms with van der Waals surface area (Å²) in [6.07, 6.45) is -0.473. The molecule has 0 aliphatic rings. The first-order valence-corrected chi connectivity index (χ1v) is 11.8. The Morgan fingerprint density at radius 1 is 0.806 bits per heavy atom. The number of carboxylic acids is 1. The topological polar surface area (TPSA) is 75.8 Å². The molecule has 36 heavy (non-hydrogen) atoms. The van der Waals surface area contributed by atoms with Crippen molar-refractivity contribution in [2.75, 3.05) is 5.73 Å². The second-order valence-corrected chi connectivity index (χ2v) is 8.69. The number of aliphatic carboxylic acids is 1. The number of benzene rings is 4. The molecule has 0 fully saturated rings. The second kappa shape index (κ2) is 12.0. The Bertz CT molecular complexity index is 1210. The van der Waals surface area contributed by atoms with E-state index in [1.165, 1.54) is 18.2 Å². The first-order valence-electron chi connectivity index (χ1n) is 11.8. The van der Waals surface area contributed by atoms with Crippen LogP contribution in [0.1, 0.15) is 16.7 Å². The molecule has 2 atom stereocenters.